The second-order valence-corrected chi connectivity index (χ2v) is 6.63. The van der Waals surface area contributed by atoms with Gasteiger partial charge in [0.25, 0.3) is 5.56 Å². The fourth-order valence-electron chi connectivity index (χ4n) is 2.63. The Labute approximate surface area is 158 Å². The third-order valence-corrected chi connectivity index (χ3v) is 4.60. The van der Waals surface area contributed by atoms with E-state index in [1.54, 1.807) is 43.6 Å². The van der Waals surface area contributed by atoms with Gasteiger partial charge in [-0.2, -0.15) is 5.10 Å². The van der Waals surface area contributed by atoms with Crippen LogP contribution in [0.5, 0.6) is 0 Å². The Morgan fingerprint density at radius 1 is 1.22 bits per heavy atom. The minimum atomic E-state index is -0.360. The van der Waals surface area contributed by atoms with Crippen molar-refractivity contribution < 1.29 is 14.3 Å². The molecule has 9 heteroatoms. The van der Waals surface area contributed by atoms with Crippen LogP contribution in [0.4, 0.5) is 5.13 Å². The summed E-state index contributed by atoms with van der Waals surface area (Å²) in [6, 6.07) is 7.05. The number of amides is 1. The summed E-state index contributed by atoms with van der Waals surface area (Å²) >= 11 is 1.23. The molecule has 0 bridgehead atoms. The van der Waals surface area contributed by atoms with Crippen molar-refractivity contribution in [2.24, 2.45) is 7.05 Å². The first-order valence-electron chi connectivity index (χ1n) is 8.32. The van der Waals surface area contributed by atoms with Gasteiger partial charge >= 0.3 is 5.97 Å². The van der Waals surface area contributed by atoms with E-state index in [1.165, 1.54) is 16.0 Å². The number of aryl methyl sites for hydroxylation is 1. The van der Waals surface area contributed by atoms with Crippen molar-refractivity contribution in [3.63, 3.8) is 0 Å². The zero-order valence-electron chi connectivity index (χ0n) is 14.9. The quantitative estimate of drug-likeness (QED) is 0.647. The zero-order chi connectivity index (χ0) is 19.4. The molecule has 0 saturated heterocycles. The molecule has 0 unspecified atom stereocenters. The maximum Gasteiger partial charge on any atom is 0.311 e. The molecule has 3 aromatic rings. The Kier molecular flexibility index (Phi) is 5.60. The monoisotopic (exact) mass is 386 g/mol. The predicted octanol–water partition coefficient (Wildman–Crippen LogP) is 1.68. The summed E-state index contributed by atoms with van der Waals surface area (Å²) in [6.45, 7) is 2.05. The van der Waals surface area contributed by atoms with Crippen LogP contribution < -0.4 is 10.9 Å². The van der Waals surface area contributed by atoms with Gasteiger partial charge in [-0.3, -0.25) is 14.4 Å². The van der Waals surface area contributed by atoms with Crippen molar-refractivity contribution in [1.29, 1.82) is 0 Å². The van der Waals surface area contributed by atoms with Crippen molar-refractivity contribution in [2.45, 2.75) is 19.8 Å². The SMILES string of the molecule is CCOC(=O)Cc1csc(NC(=O)Cc2nn(C)c(=O)c3ccccc23)n1. The Bertz CT molecular complexity index is 1060. The molecular weight excluding hydrogens is 368 g/mol. The molecule has 2 aromatic heterocycles. The number of thiazole rings is 1. The second kappa shape index (κ2) is 8.09. The fraction of sp³-hybridized carbons (Fsp3) is 0.278. The molecular formula is C18H18N4O4S. The molecule has 8 nitrogen and oxygen atoms in total. The predicted molar refractivity (Wildman–Crippen MR) is 102 cm³/mol. The first-order valence-corrected chi connectivity index (χ1v) is 9.20. The molecule has 0 fully saturated rings. The van der Waals surface area contributed by atoms with Crippen molar-refractivity contribution in [2.75, 3.05) is 11.9 Å². The maximum absolute atomic E-state index is 12.4. The number of esters is 1. The highest BCUT2D eigenvalue weighted by Gasteiger charge is 2.14. The van der Waals surface area contributed by atoms with E-state index in [1.807, 2.05) is 0 Å². The summed E-state index contributed by atoms with van der Waals surface area (Å²) < 4.78 is 6.11. The van der Waals surface area contributed by atoms with Gasteiger partial charge < -0.3 is 10.1 Å². The standard InChI is InChI=1S/C18H18N4O4S/c1-3-26-16(24)8-11-10-27-18(19-11)20-15(23)9-14-12-6-4-5-7-13(12)17(25)22(2)21-14/h4-7,10H,3,8-9H2,1-2H3,(H,19,20,23). The molecule has 0 atom stereocenters. The van der Waals surface area contributed by atoms with Crippen molar-refractivity contribution in [3.05, 3.63) is 51.4 Å². The van der Waals surface area contributed by atoms with Gasteiger partial charge in [0, 0.05) is 17.8 Å². The van der Waals surface area contributed by atoms with Gasteiger partial charge in [-0.1, -0.05) is 18.2 Å². The number of hydrogen-bond donors (Lipinski definition) is 1. The molecule has 1 aromatic carbocycles. The first-order chi connectivity index (χ1) is 13.0. The lowest BCUT2D eigenvalue weighted by Crippen LogP contribution is -2.24. The van der Waals surface area contributed by atoms with Crippen molar-refractivity contribution in [3.8, 4) is 0 Å². The van der Waals surface area contributed by atoms with Crippen LogP contribution >= 0.6 is 11.3 Å². The molecule has 1 N–H and O–H groups in total. The smallest absolute Gasteiger partial charge is 0.311 e. The topological polar surface area (TPSA) is 103 Å². The van der Waals surface area contributed by atoms with Crippen LogP contribution in [-0.4, -0.2) is 33.2 Å². The van der Waals surface area contributed by atoms with E-state index in [0.717, 1.165) is 0 Å². The number of carbonyl (C=O) groups is 2. The number of benzene rings is 1. The molecule has 0 saturated carbocycles. The normalized spacial score (nSPS) is 10.7. The summed E-state index contributed by atoms with van der Waals surface area (Å²) in [5.74, 6) is -0.662. The minimum Gasteiger partial charge on any atom is -0.466 e. The van der Waals surface area contributed by atoms with Crippen LogP contribution in [0.2, 0.25) is 0 Å². The molecule has 140 valence electrons. The number of rotatable bonds is 6. The van der Waals surface area contributed by atoms with Crippen LogP contribution in [-0.2, 0) is 34.2 Å². The number of fused-ring (bicyclic) bond motifs is 1. The fourth-order valence-corrected chi connectivity index (χ4v) is 3.35. The van der Waals surface area contributed by atoms with Crippen LogP contribution in [0, 0.1) is 0 Å². The number of ether oxygens (including phenoxy) is 1. The summed E-state index contributed by atoms with van der Waals surface area (Å²) in [5.41, 5.74) is 0.839. The molecule has 0 spiro atoms. The highest BCUT2D eigenvalue weighted by Crippen LogP contribution is 2.18. The number of hydrogen-bond acceptors (Lipinski definition) is 7. The Balaban J connectivity index is 1.73. The van der Waals surface area contributed by atoms with E-state index in [-0.39, 0.29) is 30.3 Å². The average Bonchev–Trinajstić information content (AvgIpc) is 3.06. The number of nitrogens with zero attached hydrogens (tertiary/aromatic N) is 3. The van der Waals surface area contributed by atoms with E-state index in [4.69, 9.17) is 4.74 Å². The summed E-state index contributed by atoms with van der Waals surface area (Å²) in [7, 11) is 1.55. The van der Waals surface area contributed by atoms with Crippen LogP contribution in [0.15, 0.2) is 34.4 Å². The summed E-state index contributed by atoms with van der Waals surface area (Å²) in [4.78, 5) is 40.2. The summed E-state index contributed by atoms with van der Waals surface area (Å²) in [6.07, 6.45) is 0.0641. The van der Waals surface area contributed by atoms with Crippen LogP contribution in [0.1, 0.15) is 18.3 Å². The summed E-state index contributed by atoms with van der Waals surface area (Å²) in [5, 5.41) is 10.2. The molecule has 2 heterocycles. The minimum absolute atomic E-state index is 0.00141. The Morgan fingerprint density at radius 2 is 1.96 bits per heavy atom. The van der Waals surface area contributed by atoms with Gasteiger partial charge in [0.1, 0.15) is 0 Å². The van der Waals surface area contributed by atoms with E-state index in [2.05, 4.69) is 15.4 Å². The molecule has 3 rings (SSSR count). The van der Waals surface area contributed by atoms with Gasteiger partial charge in [0.05, 0.1) is 36.2 Å². The van der Waals surface area contributed by atoms with E-state index < -0.39 is 0 Å². The third kappa shape index (κ3) is 4.37. The maximum atomic E-state index is 12.4. The zero-order valence-corrected chi connectivity index (χ0v) is 15.7. The van der Waals surface area contributed by atoms with Gasteiger partial charge in [-0.25, -0.2) is 9.67 Å². The first kappa shape index (κ1) is 18.7. The number of anilines is 1. The molecule has 0 aliphatic rings. The highest BCUT2D eigenvalue weighted by atomic mass is 32.1. The number of aromatic nitrogens is 3. The molecule has 0 aliphatic carbocycles. The van der Waals surface area contributed by atoms with E-state index >= 15 is 0 Å². The largest absolute Gasteiger partial charge is 0.466 e. The molecule has 0 aliphatic heterocycles. The molecule has 1 amide bonds. The van der Waals surface area contributed by atoms with E-state index in [9.17, 15) is 14.4 Å². The molecule has 27 heavy (non-hydrogen) atoms. The van der Waals surface area contributed by atoms with Crippen molar-refractivity contribution >= 4 is 39.1 Å². The number of nitrogens with one attached hydrogen (secondary N) is 1. The van der Waals surface area contributed by atoms with E-state index in [0.29, 0.717) is 33.9 Å². The van der Waals surface area contributed by atoms with Gasteiger partial charge in [-0.15, -0.1) is 11.3 Å². The van der Waals surface area contributed by atoms with Crippen LogP contribution in [0.3, 0.4) is 0 Å². The van der Waals surface area contributed by atoms with Gasteiger partial charge in [0.15, 0.2) is 5.13 Å². The molecule has 0 radical (unpaired) electrons. The number of carbonyl (C=O) groups excluding carboxylic acids is 2. The lowest BCUT2D eigenvalue weighted by atomic mass is 10.1. The Morgan fingerprint density at radius 3 is 2.70 bits per heavy atom. The lowest BCUT2D eigenvalue weighted by molar-refractivity contribution is -0.142. The van der Waals surface area contributed by atoms with Crippen molar-refractivity contribution in [1.82, 2.24) is 14.8 Å². The van der Waals surface area contributed by atoms with Crippen LogP contribution in [0.25, 0.3) is 10.8 Å². The average molecular weight is 386 g/mol. The third-order valence-electron chi connectivity index (χ3n) is 3.79. The lowest BCUT2D eigenvalue weighted by Gasteiger charge is -2.07. The Hall–Kier alpha value is -3.07. The van der Waals surface area contributed by atoms with Gasteiger partial charge in [-0.05, 0) is 13.0 Å². The highest BCUT2D eigenvalue weighted by molar-refractivity contribution is 7.13. The second-order valence-electron chi connectivity index (χ2n) is 5.77. The van der Waals surface area contributed by atoms with Gasteiger partial charge in [0.2, 0.25) is 5.91 Å².